The van der Waals surface area contributed by atoms with Crippen LogP contribution < -0.4 is 4.90 Å². The Morgan fingerprint density at radius 2 is 1.89 bits per heavy atom. The van der Waals surface area contributed by atoms with E-state index < -0.39 is 23.4 Å². The predicted molar refractivity (Wildman–Crippen MR) is 72.2 cm³/mol. The highest BCUT2D eigenvalue weighted by molar-refractivity contribution is 9.10. The molecule has 1 heterocycles. The van der Waals surface area contributed by atoms with Crippen LogP contribution in [0.15, 0.2) is 22.7 Å². The second-order valence-electron chi connectivity index (χ2n) is 5.11. The molecule has 2 rings (SSSR count). The molecule has 0 fully saturated rings. The lowest BCUT2D eigenvalue weighted by molar-refractivity contribution is -0.114. The van der Waals surface area contributed by atoms with Gasteiger partial charge in [-0.1, -0.05) is 15.9 Å². The Kier molecular flexibility index (Phi) is 3.22. The number of hydrogen-bond donors (Lipinski definition) is 0. The molecule has 0 saturated carbocycles. The van der Waals surface area contributed by atoms with Crippen LogP contribution in [0.25, 0.3) is 0 Å². The van der Waals surface area contributed by atoms with Gasteiger partial charge < -0.3 is 4.74 Å². The minimum Gasteiger partial charge on any atom is -0.443 e. The molecule has 1 aliphatic rings. The van der Waals surface area contributed by atoms with Gasteiger partial charge in [-0.2, -0.15) is 0 Å². The topological polar surface area (TPSA) is 63.7 Å². The Labute approximate surface area is 118 Å². The van der Waals surface area contributed by atoms with Gasteiger partial charge in [0.2, 0.25) is 0 Å². The molecule has 0 N–H and O–H groups in total. The van der Waals surface area contributed by atoms with Crippen molar-refractivity contribution in [3.8, 4) is 0 Å². The third kappa shape index (κ3) is 2.53. The van der Waals surface area contributed by atoms with Crippen LogP contribution in [-0.2, 0) is 9.53 Å². The van der Waals surface area contributed by atoms with Crippen molar-refractivity contribution < 1.29 is 19.1 Å². The molecule has 0 aliphatic carbocycles. The maximum absolute atomic E-state index is 12.0. The van der Waals surface area contributed by atoms with Gasteiger partial charge in [-0.25, -0.2) is 9.69 Å². The Balaban J connectivity index is 2.42. The Bertz CT molecular complexity index is 589. The minimum absolute atomic E-state index is 0.199. The van der Waals surface area contributed by atoms with Crippen LogP contribution in [0.1, 0.15) is 31.1 Å². The highest BCUT2D eigenvalue weighted by Gasteiger charge is 2.41. The number of fused-ring (bicyclic) bond motifs is 1. The Morgan fingerprint density at radius 1 is 1.26 bits per heavy atom. The van der Waals surface area contributed by atoms with Crippen LogP contribution in [0, 0.1) is 0 Å². The molecule has 1 aromatic rings. The van der Waals surface area contributed by atoms with Crippen molar-refractivity contribution in [2.24, 2.45) is 0 Å². The van der Waals surface area contributed by atoms with Gasteiger partial charge in [0.25, 0.3) is 5.78 Å². The van der Waals surface area contributed by atoms with Crippen LogP contribution in [0.5, 0.6) is 0 Å². The molecule has 0 aromatic heterocycles. The molecule has 1 aromatic carbocycles. The molecule has 2 amide bonds. The summed E-state index contributed by atoms with van der Waals surface area (Å²) in [5.74, 6) is -1.59. The summed E-state index contributed by atoms with van der Waals surface area (Å²) in [7, 11) is 0. The van der Waals surface area contributed by atoms with Gasteiger partial charge in [-0.15, -0.1) is 0 Å². The zero-order valence-electron chi connectivity index (χ0n) is 10.7. The fraction of sp³-hybridized carbons (Fsp3) is 0.308. The molecule has 100 valence electrons. The van der Waals surface area contributed by atoms with Crippen molar-refractivity contribution >= 4 is 39.4 Å². The summed E-state index contributed by atoms with van der Waals surface area (Å²) in [6.07, 6.45) is -0.841. The monoisotopic (exact) mass is 325 g/mol. The number of Topliss-reactive ketones (excluding diaryl/α,β-unsaturated/α-hetero) is 1. The normalized spacial score (nSPS) is 14.6. The molecular weight excluding hydrogens is 314 g/mol. The van der Waals surface area contributed by atoms with E-state index in [0.29, 0.717) is 4.47 Å². The standard InChI is InChI=1S/C13H12BrNO4/c1-13(2,3)19-12(18)15-9-5-4-7(14)6-8(9)10(16)11(15)17/h4-6H,1-3H3. The zero-order valence-corrected chi connectivity index (χ0v) is 12.3. The van der Waals surface area contributed by atoms with Crippen molar-refractivity contribution in [3.05, 3.63) is 28.2 Å². The number of ether oxygens (including phenoxy) is 1. The van der Waals surface area contributed by atoms with E-state index in [2.05, 4.69) is 15.9 Å². The van der Waals surface area contributed by atoms with Gasteiger partial charge >= 0.3 is 12.0 Å². The fourth-order valence-electron chi connectivity index (χ4n) is 1.70. The van der Waals surface area contributed by atoms with Crippen molar-refractivity contribution in [1.29, 1.82) is 0 Å². The summed E-state index contributed by atoms with van der Waals surface area (Å²) in [6, 6.07) is 4.70. The first-order valence-electron chi connectivity index (χ1n) is 5.62. The van der Waals surface area contributed by atoms with Gasteiger partial charge in [-0.05, 0) is 39.0 Å². The molecule has 0 atom stereocenters. The maximum Gasteiger partial charge on any atom is 0.422 e. The number of hydrogen-bond acceptors (Lipinski definition) is 4. The van der Waals surface area contributed by atoms with E-state index in [-0.39, 0.29) is 11.3 Å². The summed E-state index contributed by atoms with van der Waals surface area (Å²) < 4.78 is 5.79. The first kappa shape index (κ1) is 13.7. The van der Waals surface area contributed by atoms with Crippen LogP contribution in [0.3, 0.4) is 0 Å². The van der Waals surface area contributed by atoms with E-state index in [1.807, 2.05) is 0 Å². The second kappa shape index (κ2) is 4.45. The van der Waals surface area contributed by atoms with Gasteiger partial charge in [-0.3, -0.25) is 9.59 Å². The number of ketones is 1. The van der Waals surface area contributed by atoms with E-state index in [1.54, 1.807) is 26.8 Å². The number of amides is 2. The number of carbonyl (C=O) groups excluding carboxylic acids is 3. The van der Waals surface area contributed by atoms with Crippen molar-refractivity contribution in [3.63, 3.8) is 0 Å². The first-order valence-corrected chi connectivity index (χ1v) is 6.41. The number of anilines is 1. The minimum atomic E-state index is -0.887. The molecule has 0 saturated heterocycles. The summed E-state index contributed by atoms with van der Waals surface area (Å²) >= 11 is 3.22. The lowest BCUT2D eigenvalue weighted by atomic mass is 10.1. The lowest BCUT2D eigenvalue weighted by Crippen LogP contribution is -2.40. The quantitative estimate of drug-likeness (QED) is 0.688. The summed E-state index contributed by atoms with van der Waals surface area (Å²) in [5, 5.41) is 0. The van der Waals surface area contributed by atoms with Gasteiger partial charge in [0.05, 0.1) is 11.3 Å². The third-order valence-corrected chi connectivity index (χ3v) is 2.91. The molecule has 1 aliphatic heterocycles. The van der Waals surface area contributed by atoms with E-state index in [4.69, 9.17) is 4.74 Å². The number of halogens is 1. The third-order valence-electron chi connectivity index (χ3n) is 2.42. The molecule has 0 unspecified atom stereocenters. The van der Waals surface area contributed by atoms with Crippen LogP contribution in [0.4, 0.5) is 10.5 Å². The maximum atomic E-state index is 12.0. The average molecular weight is 326 g/mol. The Hall–Kier alpha value is -1.69. The van der Waals surface area contributed by atoms with Crippen LogP contribution in [-0.4, -0.2) is 23.4 Å². The summed E-state index contributed by atoms with van der Waals surface area (Å²) in [4.78, 5) is 36.4. The van der Waals surface area contributed by atoms with E-state index in [0.717, 1.165) is 4.90 Å². The predicted octanol–water partition coefficient (Wildman–Crippen LogP) is 2.91. The highest BCUT2D eigenvalue weighted by atomic mass is 79.9. The van der Waals surface area contributed by atoms with Gasteiger partial charge in [0.15, 0.2) is 0 Å². The van der Waals surface area contributed by atoms with Crippen molar-refractivity contribution in [2.75, 3.05) is 4.90 Å². The summed E-state index contributed by atoms with van der Waals surface area (Å²) in [6.45, 7) is 5.07. The van der Waals surface area contributed by atoms with Crippen LogP contribution >= 0.6 is 15.9 Å². The number of rotatable bonds is 0. The second-order valence-corrected chi connectivity index (χ2v) is 6.03. The summed E-state index contributed by atoms with van der Waals surface area (Å²) in [5.41, 5.74) is -0.281. The van der Waals surface area contributed by atoms with Gasteiger partial charge in [0.1, 0.15) is 5.60 Å². The zero-order chi connectivity index (χ0) is 14.4. The fourth-order valence-corrected chi connectivity index (χ4v) is 2.06. The van der Waals surface area contributed by atoms with E-state index in [9.17, 15) is 14.4 Å². The lowest BCUT2D eigenvalue weighted by Gasteiger charge is -2.23. The largest absolute Gasteiger partial charge is 0.443 e. The highest BCUT2D eigenvalue weighted by Crippen LogP contribution is 2.32. The molecule has 6 heteroatoms. The smallest absolute Gasteiger partial charge is 0.422 e. The molecule has 19 heavy (non-hydrogen) atoms. The Morgan fingerprint density at radius 3 is 2.47 bits per heavy atom. The van der Waals surface area contributed by atoms with Crippen molar-refractivity contribution in [2.45, 2.75) is 26.4 Å². The molecule has 5 nitrogen and oxygen atoms in total. The van der Waals surface area contributed by atoms with Crippen molar-refractivity contribution in [1.82, 2.24) is 0 Å². The van der Waals surface area contributed by atoms with Crippen LogP contribution in [0.2, 0.25) is 0 Å². The van der Waals surface area contributed by atoms with E-state index in [1.165, 1.54) is 12.1 Å². The molecule has 0 spiro atoms. The molecule has 0 bridgehead atoms. The number of imide groups is 1. The average Bonchev–Trinajstić information content (AvgIpc) is 2.50. The SMILES string of the molecule is CC(C)(C)OC(=O)N1C(=O)C(=O)c2cc(Br)ccc21. The first-order chi connectivity index (χ1) is 8.70. The number of carbonyl (C=O) groups is 3. The molecule has 0 radical (unpaired) electrons. The number of benzene rings is 1. The number of nitrogens with zero attached hydrogens (tertiary/aromatic N) is 1. The van der Waals surface area contributed by atoms with E-state index >= 15 is 0 Å². The molecular formula is C13H12BrNO4. The van der Waals surface area contributed by atoms with Gasteiger partial charge in [0, 0.05) is 4.47 Å².